The van der Waals surface area contributed by atoms with Gasteiger partial charge in [-0.05, 0) is 25.7 Å². The third kappa shape index (κ3) is 3.48. The van der Waals surface area contributed by atoms with E-state index in [1.54, 1.807) is 0 Å². The largest absolute Gasteiger partial charge is 0.481 e. The fourth-order valence-electron chi connectivity index (χ4n) is 3.06. The number of rotatable bonds is 3. The van der Waals surface area contributed by atoms with Crippen LogP contribution >= 0.6 is 0 Å². The van der Waals surface area contributed by atoms with Gasteiger partial charge in [-0.25, -0.2) is 13.2 Å². The van der Waals surface area contributed by atoms with Crippen molar-refractivity contribution < 1.29 is 23.1 Å². The first-order valence-electron chi connectivity index (χ1n) is 7.27. The molecule has 0 radical (unpaired) electrons. The maximum Gasteiger partial charge on any atom is 0.317 e. The molecule has 0 aromatic heterocycles. The Balaban J connectivity index is 1.95. The first-order chi connectivity index (χ1) is 9.78. The van der Waals surface area contributed by atoms with Crippen LogP contribution in [0.5, 0.6) is 0 Å². The molecule has 0 bridgehead atoms. The predicted octanol–water partition coefficient (Wildman–Crippen LogP) is 0.460. The van der Waals surface area contributed by atoms with Gasteiger partial charge in [-0.2, -0.15) is 0 Å². The van der Waals surface area contributed by atoms with Crippen molar-refractivity contribution >= 4 is 21.8 Å². The molecule has 2 fully saturated rings. The molecule has 0 aromatic carbocycles. The number of carboxylic acids is 1. The molecule has 8 heteroatoms. The van der Waals surface area contributed by atoms with Gasteiger partial charge in [0, 0.05) is 19.1 Å². The Labute approximate surface area is 124 Å². The topological polar surface area (TPSA) is 104 Å². The lowest BCUT2D eigenvalue weighted by Gasteiger charge is -2.27. The Hall–Kier alpha value is -1.31. The van der Waals surface area contributed by atoms with Gasteiger partial charge in [0.05, 0.1) is 16.9 Å². The summed E-state index contributed by atoms with van der Waals surface area (Å²) in [5, 5.41) is 12.0. The molecule has 2 N–H and O–H groups in total. The summed E-state index contributed by atoms with van der Waals surface area (Å²) in [6.45, 7) is 2.39. The number of carbonyl (C=O) groups excluding carboxylic acids is 1. The molecule has 21 heavy (non-hydrogen) atoms. The van der Waals surface area contributed by atoms with Crippen LogP contribution in [0.15, 0.2) is 0 Å². The molecule has 0 aliphatic carbocycles. The second kappa shape index (κ2) is 5.82. The quantitative estimate of drug-likeness (QED) is 0.787. The maximum absolute atomic E-state index is 12.2. The van der Waals surface area contributed by atoms with Crippen molar-refractivity contribution in [1.82, 2.24) is 10.2 Å². The smallest absolute Gasteiger partial charge is 0.317 e. The van der Waals surface area contributed by atoms with Crippen LogP contribution < -0.4 is 5.32 Å². The van der Waals surface area contributed by atoms with Gasteiger partial charge in [0.2, 0.25) is 0 Å². The molecule has 0 aromatic rings. The number of amides is 2. The molecule has 7 nitrogen and oxygen atoms in total. The molecular weight excluding hydrogens is 296 g/mol. The summed E-state index contributed by atoms with van der Waals surface area (Å²) < 4.78 is 23.1. The lowest BCUT2D eigenvalue weighted by molar-refractivity contribution is -0.148. The van der Waals surface area contributed by atoms with E-state index < -0.39 is 21.2 Å². The second-order valence-electron chi connectivity index (χ2n) is 6.01. The summed E-state index contributed by atoms with van der Waals surface area (Å²) in [4.78, 5) is 25.0. The van der Waals surface area contributed by atoms with Gasteiger partial charge in [-0.3, -0.25) is 4.79 Å². The highest BCUT2D eigenvalue weighted by molar-refractivity contribution is 7.91. The van der Waals surface area contributed by atoms with Crippen LogP contribution in [0.2, 0.25) is 0 Å². The van der Waals surface area contributed by atoms with Gasteiger partial charge >= 0.3 is 12.0 Å². The van der Waals surface area contributed by atoms with Crippen molar-refractivity contribution in [2.24, 2.45) is 5.41 Å². The first-order valence-corrected chi connectivity index (χ1v) is 9.09. The van der Waals surface area contributed by atoms with Crippen molar-refractivity contribution in [2.75, 3.05) is 24.6 Å². The normalized spacial score (nSPS) is 31.9. The van der Waals surface area contributed by atoms with E-state index in [9.17, 15) is 23.1 Å². The average molecular weight is 318 g/mol. The van der Waals surface area contributed by atoms with Crippen LogP contribution in [0, 0.1) is 5.41 Å². The van der Waals surface area contributed by atoms with E-state index in [0.717, 1.165) is 0 Å². The lowest BCUT2D eigenvalue weighted by Crippen LogP contribution is -2.49. The van der Waals surface area contributed by atoms with E-state index in [-0.39, 0.29) is 30.1 Å². The minimum Gasteiger partial charge on any atom is -0.481 e. The number of nitrogens with zero attached hydrogens (tertiary/aromatic N) is 1. The van der Waals surface area contributed by atoms with Gasteiger partial charge in [0.1, 0.15) is 0 Å². The first kappa shape index (κ1) is 16.1. The van der Waals surface area contributed by atoms with E-state index in [0.29, 0.717) is 32.2 Å². The molecule has 2 heterocycles. The Bertz CT molecular complexity index is 533. The summed E-state index contributed by atoms with van der Waals surface area (Å²) in [7, 11) is -3.07. The van der Waals surface area contributed by atoms with Crippen molar-refractivity contribution in [3.05, 3.63) is 0 Å². The maximum atomic E-state index is 12.2. The molecule has 2 atom stereocenters. The molecule has 2 rings (SSSR count). The molecule has 2 aliphatic heterocycles. The highest BCUT2D eigenvalue weighted by Gasteiger charge is 2.45. The summed E-state index contributed by atoms with van der Waals surface area (Å²) in [5.41, 5.74) is -0.865. The Kier molecular flexibility index (Phi) is 4.46. The monoisotopic (exact) mass is 318 g/mol. The number of nitrogens with one attached hydrogen (secondary N) is 1. The molecular formula is C13H22N2O5S. The number of urea groups is 1. The summed E-state index contributed by atoms with van der Waals surface area (Å²) in [5.74, 6) is -0.716. The van der Waals surface area contributed by atoms with E-state index in [1.165, 1.54) is 4.90 Å². The van der Waals surface area contributed by atoms with E-state index in [2.05, 4.69) is 5.32 Å². The standard InChI is InChI=1S/C13H22N2O5S/c1-2-13(11(16)17)5-6-15(9-13)12(18)14-10-4-3-7-21(19,20)8-10/h10H,2-9H2,1H3,(H,14,18)(H,16,17). The van der Waals surface area contributed by atoms with Gasteiger partial charge in [-0.15, -0.1) is 0 Å². The SMILES string of the molecule is CCC1(C(=O)O)CCN(C(=O)NC2CCCS(=O)(=O)C2)C1. The van der Waals surface area contributed by atoms with Crippen molar-refractivity contribution in [2.45, 2.75) is 38.6 Å². The summed E-state index contributed by atoms with van der Waals surface area (Å²) in [6, 6.07) is -0.716. The minimum atomic E-state index is -3.07. The fourth-order valence-corrected chi connectivity index (χ4v) is 4.70. The molecule has 2 amide bonds. The molecule has 0 saturated carbocycles. The average Bonchev–Trinajstić information content (AvgIpc) is 2.83. The molecule has 0 spiro atoms. The van der Waals surface area contributed by atoms with Gasteiger partial charge in [0.25, 0.3) is 0 Å². The number of aliphatic carboxylic acids is 1. The van der Waals surface area contributed by atoms with Gasteiger partial charge in [-0.1, -0.05) is 6.92 Å². The van der Waals surface area contributed by atoms with Crippen LogP contribution in [0.1, 0.15) is 32.6 Å². The molecule has 2 unspecified atom stereocenters. The molecule has 120 valence electrons. The third-order valence-electron chi connectivity index (χ3n) is 4.56. The van der Waals surface area contributed by atoms with Crippen molar-refractivity contribution in [3.8, 4) is 0 Å². The Morgan fingerprint density at radius 1 is 1.43 bits per heavy atom. The highest BCUT2D eigenvalue weighted by Crippen LogP contribution is 2.34. The van der Waals surface area contributed by atoms with E-state index in [1.807, 2.05) is 6.92 Å². The summed E-state index contributed by atoms with van der Waals surface area (Å²) in [6.07, 6.45) is 2.12. The second-order valence-corrected chi connectivity index (χ2v) is 8.24. The number of hydrogen-bond donors (Lipinski definition) is 2. The highest BCUT2D eigenvalue weighted by atomic mass is 32.2. The number of sulfone groups is 1. The lowest BCUT2D eigenvalue weighted by atomic mass is 9.84. The number of likely N-dealkylation sites (tertiary alicyclic amines) is 1. The minimum absolute atomic E-state index is 0.0234. The van der Waals surface area contributed by atoms with Crippen molar-refractivity contribution in [1.29, 1.82) is 0 Å². The van der Waals surface area contributed by atoms with Crippen molar-refractivity contribution in [3.63, 3.8) is 0 Å². The molecule has 2 aliphatic rings. The van der Waals surface area contributed by atoms with E-state index >= 15 is 0 Å². The number of hydrogen-bond acceptors (Lipinski definition) is 4. The van der Waals surface area contributed by atoms with E-state index in [4.69, 9.17) is 0 Å². The zero-order valence-corrected chi connectivity index (χ0v) is 13.0. The van der Waals surface area contributed by atoms with Crippen LogP contribution in [0.4, 0.5) is 4.79 Å². The fraction of sp³-hybridized carbons (Fsp3) is 0.846. The number of carboxylic acid groups (broad SMARTS) is 1. The molecule has 2 saturated heterocycles. The van der Waals surface area contributed by atoms with Gasteiger partial charge in [0.15, 0.2) is 9.84 Å². The van der Waals surface area contributed by atoms with Crippen LogP contribution in [-0.2, 0) is 14.6 Å². The van der Waals surface area contributed by atoms with Gasteiger partial charge < -0.3 is 15.3 Å². The Morgan fingerprint density at radius 3 is 2.67 bits per heavy atom. The Morgan fingerprint density at radius 2 is 2.14 bits per heavy atom. The number of carbonyl (C=O) groups is 2. The van der Waals surface area contributed by atoms with Crippen LogP contribution in [0.25, 0.3) is 0 Å². The predicted molar refractivity (Wildman–Crippen MR) is 76.8 cm³/mol. The zero-order valence-electron chi connectivity index (χ0n) is 12.2. The zero-order chi connectivity index (χ0) is 15.7. The summed E-state index contributed by atoms with van der Waals surface area (Å²) >= 11 is 0. The van der Waals surface area contributed by atoms with Crippen LogP contribution in [0.3, 0.4) is 0 Å². The van der Waals surface area contributed by atoms with Crippen LogP contribution in [-0.4, -0.2) is 61.1 Å². The third-order valence-corrected chi connectivity index (χ3v) is 6.38.